The predicted octanol–water partition coefficient (Wildman–Crippen LogP) is 6.97. The van der Waals surface area contributed by atoms with Crippen molar-refractivity contribution in [1.82, 2.24) is 10.5 Å². The highest BCUT2D eigenvalue weighted by molar-refractivity contribution is 5.84. The van der Waals surface area contributed by atoms with E-state index in [0.29, 0.717) is 40.8 Å². The zero-order valence-corrected chi connectivity index (χ0v) is 24.9. The van der Waals surface area contributed by atoms with E-state index in [2.05, 4.69) is 16.5 Å². The van der Waals surface area contributed by atoms with Crippen molar-refractivity contribution in [2.24, 2.45) is 0 Å². The first-order valence-corrected chi connectivity index (χ1v) is 14.5. The minimum Gasteiger partial charge on any atom is -0.479 e. The summed E-state index contributed by atoms with van der Waals surface area (Å²) in [7, 11) is 0. The Morgan fingerprint density at radius 3 is 2.43 bits per heavy atom. The van der Waals surface area contributed by atoms with Gasteiger partial charge in [0, 0.05) is 5.39 Å². The Balaban J connectivity index is 1.30. The number of hydrogen-bond donors (Lipinski definition) is 2. The first-order valence-electron chi connectivity index (χ1n) is 14.5. The molecule has 1 aliphatic rings. The molecule has 1 aliphatic carbocycles. The number of carboxylic acids is 1. The molecule has 0 spiro atoms. The Hall–Kier alpha value is -4.76. The van der Waals surface area contributed by atoms with Gasteiger partial charge in [0.1, 0.15) is 17.6 Å². The van der Waals surface area contributed by atoms with E-state index in [1.54, 1.807) is 26.0 Å². The summed E-state index contributed by atoms with van der Waals surface area (Å²) in [6.07, 6.45) is -0.333. The monoisotopic (exact) mass is 596 g/mol. The minimum absolute atomic E-state index is 0.0119. The van der Waals surface area contributed by atoms with Crippen LogP contribution in [0.5, 0.6) is 0 Å². The molecule has 8 nitrogen and oxygen atoms in total. The van der Waals surface area contributed by atoms with Crippen LogP contribution in [0.1, 0.15) is 75.6 Å². The normalized spacial score (nSPS) is 15.2. The standard InChI is InChI=1S/C35H33FN2O6/c1-19-10-11-26(20(2)14-19)31(24-8-6-5-7-9-24)37-29(39)17-23-15-25-18-28(42-32(25)27(36)16-23)33(30-21(3)38-44-22(30)4)43-35(12-13-35)34(40)41/h5-11,14-16,18,31,33H,12-13,17H2,1-4H3,(H,37,39)(H,40,41)/t31-,33?/m0/s1. The molecule has 6 rings (SSSR count). The van der Waals surface area contributed by atoms with Crippen LogP contribution in [-0.4, -0.2) is 27.7 Å². The fraction of sp³-hybridized carbons (Fsp3) is 0.286. The minimum atomic E-state index is -1.35. The van der Waals surface area contributed by atoms with Crippen molar-refractivity contribution in [3.05, 3.63) is 123 Å². The molecule has 44 heavy (non-hydrogen) atoms. The summed E-state index contributed by atoms with van der Waals surface area (Å²) in [6.45, 7) is 7.47. The van der Waals surface area contributed by atoms with Crippen molar-refractivity contribution in [2.45, 2.75) is 64.7 Å². The van der Waals surface area contributed by atoms with Gasteiger partial charge in [-0.05, 0) is 81.0 Å². The van der Waals surface area contributed by atoms with Gasteiger partial charge in [0.15, 0.2) is 17.0 Å². The average Bonchev–Trinajstić information content (AvgIpc) is 3.53. The molecule has 1 fully saturated rings. The Morgan fingerprint density at radius 2 is 1.80 bits per heavy atom. The van der Waals surface area contributed by atoms with Crippen LogP contribution in [0.3, 0.4) is 0 Å². The van der Waals surface area contributed by atoms with Crippen LogP contribution in [0.2, 0.25) is 0 Å². The highest BCUT2D eigenvalue weighted by atomic mass is 19.1. The number of fused-ring (bicyclic) bond motifs is 1. The van der Waals surface area contributed by atoms with Gasteiger partial charge in [0.25, 0.3) is 0 Å². The summed E-state index contributed by atoms with van der Waals surface area (Å²) in [5.74, 6) is -1.30. The van der Waals surface area contributed by atoms with E-state index in [-0.39, 0.29) is 29.7 Å². The van der Waals surface area contributed by atoms with Crippen LogP contribution in [0.15, 0.2) is 75.7 Å². The van der Waals surface area contributed by atoms with Crippen molar-refractivity contribution in [3.8, 4) is 0 Å². The topological polar surface area (TPSA) is 115 Å². The number of carbonyl (C=O) groups excluding carboxylic acids is 1. The van der Waals surface area contributed by atoms with Gasteiger partial charge >= 0.3 is 5.97 Å². The van der Waals surface area contributed by atoms with Gasteiger partial charge in [0.2, 0.25) is 5.91 Å². The van der Waals surface area contributed by atoms with E-state index in [4.69, 9.17) is 13.7 Å². The molecule has 226 valence electrons. The van der Waals surface area contributed by atoms with Crippen LogP contribution in [0.4, 0.5) is 4.39 Å². The number of amides is 1. The number of nitrogens with zero attached hydrogens (tertiary/aromatic N) is 1. The Labute approximate surface area is 253 Å². The van der Waals surface area contributed by atoms with Crippen molar-refractivity contribution in [3.63, 3.8) is 0 Å². The molecule has 9 heteroatoms. The van der Waals surface area contributed by atoms with E-state index in [9.17, 15) is 14.7 Å². The Kier molecular flexibility index (Phi) is 7.59. The molecule has 1 unspecified atom stereocenters. The second kappa shape index (κ2) is 11.4. The Bertz CT molecular complexity index is 1850. The lowest BCUT2D eigenvalue weighted by atomic mass is 9.93. The molecule has 0 bridgehead atoms. The number of carbonyl (C=O) groups is 2. The number of benzene rings is 3. The summed E-state index contributed by atoms with van der Waals surface area (Å²) in [5, 5.41) is 17.3. The molecular formula is C35H33FN2O6. The van der Waals surface area contributed by atoms with Gasteiger partial charge in [-0.3, -0.25) is 4.79 Å². The van der Waals surface area contributed by atoms with Gasteiger partial charge in [-0.15, -0.1) is 0 Å². The third-order valence-electron chi connectivity index (χ3n) is 8.24. The number of aromatic nitrogens is 1. The maximum absolute atomic E-state index is 15.4. The lowest BCUT2D eigenvalue weighted by Crippen LogP contribution is -2.31. The van der Waals surface area contributed by atoms with Gasteiger partial charge in [-0.1, -0.05) is 59.3 Å². The molecular weight excluding hydrogens is 563 g/mol. The van der Waals surface area contributed by atoms with E-state index in [1.807, 2.05) is 56.3 Å². The molecule has 1 amide bonds. The molecule has 0 saturated heterocycles. The summed E-state index contributed by atoms with van der Waals surface area (Å²) in [6, 6.07) is 20.1. The zero-order valence-electron chi connectivity index (χ0n) is 24.9. The smallest absolute Gasteiger partial charge is 0.336 e. The van der Waals surface area contributed by atoms with Gasteiger partial charge in [-0.2, -0.15) is 0 Å². The fourth-order valence-corrected chi connectivity index (χ4v) is 5.80. The molecule has 5 aromatic rings. The van der Waals surface area contributed by atoms with E-state index >= 15 is 4.39 Å². The number of hydrogen-bond acceptors (Lipinski definition) is 6. The average molecular weight is 597 g/mol. The number of rotatable bonds is 10. The number of aliphatic carboxylic acids is 1. The van der Waals surface area contributed by atoms with Crippen molar-refractivity contribution < 1.29 is 32.8 Å². The zero-order chi connectivity index (χ0) is 31.2. The molecule has 0 radical (unpaired) electrons. The predicted molar refractivity (Wildman–Crippen MR) is 161 cm³/mol. The lowest BCUT2D eigenvalue weighted by Gasteiger charge is -2.22. The first-order chi connectivity index (χ1) is 21.0. The number of halogens is 1. The Morgan fingerprint density at radius 1 is 1.05 bits per heavy atom. The van der Waals surface area contributed by atoms with Crippen LogP contribution in [0, 0.1) is 33.5 Å². The SMILES string of the molecule is Cc1ccc([C@@H](NC(=O)Cc2cc(F)c3oc(C(OC4(C(=O)O)CC4)c4c(C)noc4C)cc3c2)c2ccccc2)c(C)c1. The van der Waals surface area contributed by atoms with E-state index in [1.165, 1.54) is 6.07 Å². The quantitative estimate of drug-likeness (QED) is 0.179. The van der Waals surface area contributed by atoms with Gasteiger partial charge < -0.3 is 24.1 Å². The second-order valence-electron chi connectivity index (χ2n) is 11.6. The highest BCUT2D eigenvalue weighted by Gasteiger charge is 2.54. The number of aryl methyl sites for hydroxylation is 4. The van der Waals surface area contributed by atoms with Gasteiger partial charge in [-0.25, -0.2) is 9.18 Å². The molecule has 1 saturated carbocycles. The van der Waals surface area contributed by atoms with E-state index in [0.717, 1.165) is 22.3 Å². The third-order valence-corrected chi connectivity index (χ3v) is 8.24. The van der Waals surface area contributed by atoms with Crippen LogP contribution < -0.4 is 5.32 Å². The van der Waals surface area contributed by atoms with Crippen LogP contribution >= 0.6 is 0 Å². The number of nitrogens with one attached hydrogen (secondary N) is 1. The second-order valence-corrected chi connectivity index (χ2v) is 11.6. The fourth-order valence-electron chi connectivity index (χ4n) is 5.80. The first kappa shape index (κ1) is 29.3. The maximum atomic E-state index is 15.4. The number of furan rings is 1. The molecule has 0 aliphatic heterocycles. The van der Waals surface area contributed by atoms with Crippen LogP contribution in [0.25, 0.3) is 11.0 Å². The summed E-state index contributed by atoms with van der Waals surface area (Å²) >= 11 is 0. The third kappa shape index (κ3) is 5.63. The lowest BCUT2D eigenvalue weighted by molar-refractivity contribution is -0.157. The van der Waals surface area contributed by atoms with Crippen LogP contribution in [-0.2, 0) is 20.7 Å². The maximum Gasteiger partial charge on any atom is 0.336 e. The molecule has 2 atom stereocenters. The van der Waals surface area contributed by atoms with Crippen molar-refractivity contribution in [1.29, 1.82) is 0 Å². The summed E-state index contributed by atoms with van der Waals surface area (Å²) in [5.41, 5.74) is 4.26. The highest BCUT2D eigenvalue weighted by Crippen LogP contribution is 2.47. The van der Waals surface area contributed by atoms with Gasteiger partial charge in [0.05, 0.1) is 23.7 Å². The molecule has 2 heterocycles. The van der Waals surface area contributed by atoms with Crippen molar-refractivity contribution >= 4 is 22.8 Å². The van der Waals surface area contributed by atoms with Crippen molar-refractivity contribution in [2.75, 3.05) is 0 Å². The number of carboxylic acid groups (broad SMARTS) is 1. The molecule has 3 aromatic carbocycles. The largest absolute Gasteiger partial charge is 0.479 e. The molecule has 2 aromatic heterocycles. The molecule has 2 N–H and O–H groups in total. The summed E-state index contributed by atoms with van der Waals surface area (Å²) < 4.78 is 32.9. The summed E-state index contributed by atoms with van der Waals surface area (Å²) in [4.78, 5) is 25.4. The number of ether oxygens (including phenoxy) is 1. The van der Waals surface area contributed by atoms with E-state index < -0.39 is 23.5 Å².